The fraction of sp³-hybridized carbons (Fsp3) is 0.400. The van der Waals surface area contributed by atoms with E-state index in [0.717, 1.165) is 0 Å². The lowest BCUT2D eigenvalue weighted by Gasteiger charge is -2.19. The van der Waals surface area contributed by atoms with Gasteiger partial charge in [0.25, 0.3) is 0 Å². The van der Waals surface area contributed by atoms with Crippen LogP contribution in [0.1, 0.15) is 16.7 Å². The highest BCUT2D eigenvalue weighted by molar-refractivity contribution is 5.78. The summed E-state index contributed by atoms with van der Waals surface area (Å²) in [6.07, 6.45) is 1.75. The standard InChI is InChI=1S/C15H22N2O/c1-5-8-16-10-15(18)17(4)11-14-7-6-12(2)9-13(14)3/h5-7,9,16H,1,8,10-11H2,2-4H3. The minimum Gasteiger partial charge on any atom is -0.340 e. The van der Waals surface area contributed by atoms with Crippen molar-refractivity contribution in [3.8, 4) is 0 Å². The Kier molecular flexibility index (Phi) is 5.59. The third-order valence-electron chi connectivity index (χ3n) is 2.90. The Morgan fingerprint density at radius 3 is 2.78 bits per heavy atom. The Bertz CT molecular complexity index is 427. The lowest BCUT2D eigenvalue weighted by molar-refractivity contribution is -0.129. The summed E-state index contributed by atoms with van der Waals surface area (Å²) in [4.78, 5) is 13.6. The summed E-state index contributed by atoms with van der Waals surface area (Å²) in [6.45, 7) is 9.42. The Balaban J connectivity index is 2.55. The van der Waals surface area contributed by atoms with Crippen molar-refractivity contribution >= 4 is 5.91 Å². The maximum atomic E-state index is 11.8. The van der Waals surface area contributed by atoms with Gasteiger partial charge in [-0.3, -0.25) is 4.79 Å². The van der Waals surface area contributed by atoms with Crippen LogP contribution >= 0.6 is 0 Å². The number of aryl methyl sites for hydroxylation is 2. The molecule has 0 atom stereocenters. The SMILES string of the molecule is C=CCNCC(=O)N(C)Cc1ccc(C)cc1C. The van der Waals surface area contributed by atoms with Gasteiger partial charge in [-0.2, -0.15) is 0 Å². The summed E-state index contributed by atoms with van der Waals surface area (Å²) in [5.41, 5.74) is 3.67. The van der Waals surface area contributed by atoms with Crippen LogP contribution < -0.4 is 5.32 Å². The molecule has 1 amide bonds. The van der Waals surface area contributed by atoms with Crippen molar-refractivity contribution in [2.75, 3.05) is 20.1 Å². The molecular weight excluding hydrogens is 224 g/mol. The molecule has 18 heavy (non-hydrogen) atoms. The normalized spacial score (nSPS) is 10.2. The lowest BCUT2D eigenvalue weighted by Crippen LogP contribution is -2.35. The van der Waals surface area contributed by atoms with Crippen molar-refractivity contribution in [2.24, 2.45) is 0 Å². The van der Waals surface area contributed by atoms with E-state index in [1.165, 1.54) is 16.7 Å². The second-order valence-corrected chi connectivity index (χ2v) is 4.60. The molecule has 1 rings (SSSR count). The molecule has 3 nitrogen and oxygen atoms in total. The summed E-state index contributed by atoms with van der Waals surface area (Å²) in [5, 5.41) is 3.02. The second kappa shape index (κ2) is 6.97. The molecule has 3 heteroatoms. The van der Waals surface area contributed by atoms with Crippen molar-refractivity contribution in [2.45, 2.75) is 20.4 Å². The zero-order valence-corrected chi connectivity index (χ0v) is 11.5. The molecule has 0 saturated carbocycles. The number of benzene rings is 1. The minimum absolute atomic E-state index is 0.0943. The van der Waals surface area contributed by atoms with Gasteiger partial charge in [-0.1, -0.05) is 29.8 Å². The molecule has 1 N–H and O–H groups in total. The average molecular weight is 246 g/mol. The molecule has 0 aliphatic rings. The van der Waals surface area contributed by atoms with Gasteiger partial charge in [-0.25, -0.2) is 0 Å². The molecular formula is C15H22N2O. The number of rotatable bonds is 6. The van der Waals surface area contributed by atoms with Gasteiger partial charge >= 0.3 is 0 Å². The van der Waals surface area contributed by atoms with Gasteiger partial charge < -0.3 is 10.2 Å². The van der Waals surface area contributed by atoms with Crippen LogP contribution in [0.2, 0.25) is 0 Å². The maximum absolute atomic E-state index is 11.8. The first-order valence-corrected chi connectivity index (χ1v) is 6.16. The first-order valence-electron chi connectivity index (χ1n) is 6.16. The molecule has 1 aromatic rings. The zero-order valence-electron chi connectivity index (χ0n) is 11.5. The first kappa shape index (κ1) is 14.5. The summed E-state index contributed by atoms with van der Waals surface area (Å²) in [7, 11) is 1.83. The third kappa shape index (κ3) is 4.34. The fourth-order valence-electron chi connectivity index (χ4n) is 1.78. The van der Waals surface area contributed by atoms with Crippen LogP contribution in [0.3, 0.4) is 0 Å². The van der Waals surface area contributed by atoms with E-state index in [1.54, 1.807) is 11.0 Å². The third-order valence-corrected chi connectivity index (χ3v) is 2.90. The van der Waals surface area contributed by atoms with Crippen LogP contribution in [0.4, 0.5) is 0 Å². The van der Waals surface area contributed by atoms with Crippen molar-refractivity contribution in [3.63, 3.8) is 0 Å². The predicted octanol–water partition coefficient (Wildman–Crippen LogP) is 2.04. The predicted molar refractivity (Wildman–Crippen MR) is 75.5 cm³/mol. The molecule has 0 heterocycles. The number of hydrogen-bond donors (Lipinski definition) is 1. The number of hydrogen-bond acceptors (Lipinski definition) is 2. The van der Waals surface area contributed by atoms with Crippen LogP contribution in [0, 0.1) is 13.8 Å². The van der Waals surface area contributed by atoms with E-state index < -0.39 is 0 Å². The smallest absolute Gasteiger partial charge is 0.236 e. The molecule has 0 bridgehead atoms. The summed E-state index contributed by atoms with van der Waals surface area (Å²) >= 11 is 0. The monoisotopic (exact) mass is 246 g/mol. The van der Waals surface area contributed by atoms with Gasteiger partial charge in [0, 0.05) is 20.1 Å². The van der Waals surface area contributed by atoms with Crippen molar-refractivity contribution in [1.82, 2.24) is 10.2 Å². The molecule has 0 radical (unpaired) electrons. The summed E-state index contributed by atoms with van der Waals surface area (Å²) in [5.74, 6) is 0.0943. The van der Waals surface area contributed by atoms with Crippen LogP contribution in [0.25, 0.3) is 0 Å². The van der Waals surface area contributed by atoms with Gasteiger partial charge in [-0.05, 0) is 25.0 Å². The Morgan fingerprint density at radius 1 is 1.44 bits per heavy atom. The van der Waals surface area contributed by atoms with Crippen molar-refractivity contribution < 1.29 is 4.79 Å². The molecule has 0 aromatic heterocycles. The summed E-state index contributed by atoms with van der Waals surface area (Å²) < 4.78 is 0. The van der Waals surface area contributed by atoms with Gasteiger partial charge in [0.2, 0.25) is 5.91 Å². The van der Waals surface area contributed by atoms with E-state index in [4.69, 9.17) is 0 Å². The highest BCUT2D eigenvalue weighted by Gasteiger charge is 2.09. The molecule has 0 aliphatic heterocycles. The van der Waals surface area contributed by atoms with Gasteiger partial charge in [0.1, 0.15) is 0 Å². The van der Waals surface area contributed by atoms with Gasteiger partial charge in [-0.15, -0.1) is 6.58 Å². The van der Waals surface area contributed by atoms with Crippen LogP contribution in [0.5, 0.6) is 0 Å². The Hall–Kier alpha value is -1.61. The average Bonchev–Trinajstić information content (AvgIpc) is 2.32. The van der Waals surface area contributed by atoms with E-state index in [-0.39, 0.29) is 5.91 Å². The number of nitrogens with zero attached hydrogens (tertiary/aromatic N) is 1. The molecule has 0 fully saturated rings. The fourth-order valence-corrected chi connectivity index (χ4v) is 1.78. The molecule has 98 valence electrons. The molecule has 0 unspecified atom stereocenters. The van der Waals surface area contributed by atoms with E-state index in [0.29, 0.717) is 19.6 Å². The molecule has 1 aromatic carbocycles. The van der Waals surface area contributed by atoms with Crippen LogP contribution in [0.15, 0.2) is 30.9 Å². The van der Waals surface area contributed by atoms with Crippen molar-refractivity contribution in [3.05, 3.63) is 47.5 Å². The van der Waals surface area contributed by atoms with Crippen molar-refractivity contribution in [1.29, 1.82) is 0 Å². The topological polar surface area (TPSA) is 32.3 Å². The van der Waals surface area contributed by atoms with Crippen LogP contribution in [-0.4, -0.2) is 30.9 Å². The number of nitrogens with one attached hydrogen (secondary N) is 1. The molecule has 0 spiro atoms. The molecule has 0 saturated heterocycles. The van der Waals surface area contributed by atoms with Gasteiger partial charge in [0.05, 0.1) is 6.54 Å². The van der Waals surface area contributed by atoms with Crippen LogP contribution in [-0.2, 0) is 11.3 Å². The Morgan fingerprint density at radius 2 is 2.17 bits per heavy atom. The highest BCUT2D eigenvalue weighted by atomic mass is 16.2. The largest absolute Gasteiger partial charge is 0.340 e. The summed E-state index contributed by atoms with van der Waals surface area (Å²) in [6, 6.07) is 6.31. The lowest BCUT2D eigenvalue weighted by atomic mass is 10.1. The second-order valence-electron chi connectivity index (χ2n) is 4.60. The number of amides is 1. The minimum atomic E-state index is 0.0943. The maximum Gasteiger partial charge on any atom is 0.236 e. The highest BCUT2D eigenvalue weighted by Crippen LogP contribution is 2.12. The zero-order chi connectivity index (χ0) is 13.5. The first-order chi connectivity index (χ1) is 8.54. The van der Waals surface area contributed by atoms with E-state index >= 15 is 0 Å². The van der Waals surface area contributed by atoms with E-state index in [1.807, 2.05) is 7.05 Å². The van der Waals surface area contributed by atoms with E-state index in [9.17, 15) is 4.79 Å². The van der Waals surface area contributed by atoms with E-state index in [2.05, 4.69) is 43.9 Å². The number of carbonyl (C=O) groups is 1. The number of likely N-dealkylation sites (N-methyl/N-ethyl adjacent to an activating group) is 1. The molecule has 0 aliphatic carbocycles. The Labute approximate surface area is 109 Å². The quantitative estimate of drug-likeness (QED) is 0.615. The number of carbonyl (C=O) groups excluding carboxylic acids is 1. The van der Waals surface area contributed by atoms with Gasteiger partial charge in [0.15, 0.2) is 0 Å².